The number of hydrogen-bond acceptors (Lipinski definition) is 3. The highest BCUT2D eigenvalue weighted by Crippen LogP contribution is 2.08. The van der Waals surface area contributed by atoms with Gasteiger partial charge < -0.3 is 5.11 Å². The fourth-order valence-electron chi connectivity index (χ4n) is 0.834. The van der Waals surface area contributed by atoms with E-state index in [9.17, 15) is 4.79 Å². The molecule has 0 fully saturated rings. The second kappa shape index (κ2) is 3.66. The Bertz CT molecular complexity index is 351. The van der Waals surface area contributed by atoms with Crippen molar-refractivity contribution >= 4 is 11.7 Å². The van der Waals surface area contributed by atoms with E-state index in [1.807, 2.05) is 0 Å². The molecule has 0 aliphatic heterocycles. The number of aliphatic carboxylic acids is 1. The van der Waals surface area contributed by atoms with Crippen LogP contribution in [-0.2, 0) is 4.79 Å². The van der Waals surface area contributed by atoms with Gasteiger partial charge in [-0.3, -0.25) is 0 Å². The second-order valence-electron chi connectivity index (χ2n) is 2.34. The topological polar surface area (TPSA) is 68.0 Å². The molecule has 0 aromatic carbocycles. The molecule has 1 aromatic heterocycles. The molecule has 0 atom stereocenters. The molecule has 1 heterocycles. The van der Waals surface area contributed by atoms with E-state index >= 15 is 0 Å². The Morgan fingerprint density at radius 2 is 2.08 bits per heavy atom. The van der Waals surface area contributed by atoms with Crippen LogP contribution in [0, 0.1) is 0 Å². The van der Waals surface area contributed by atoms with Crippen LogP contribution in [0.2, 0.25) is 0 Å². The minimum Gasteiger partial charge on any atom is -0.478 e. The molecule has 0 unspecified atom stereocenters. The van der Waals surface area contributed by atoms with Crippen molar-refractivity contribution in [2.45, 2.75) is 6.92 Å². The minimum atomic E-state index is -1.01. The fraction of sp³-hybridized carbons (Fsp3) is 0.125. The van der Waals surface area contributed by atoms with Crippen LogP contribution in [0.1, 0.15) is 6.92 Å². The van der Waals surface area contributed by atoms with E-state index in [0.717, 1.165) is 0 Å². The lowest BCUT2D eigenvalue weighted by molar-refractivity contribution is -0.132. The average Bonchev–Trinajstić information content (AvgIpc) is 2.58. The van der Waals surface area contributed by atoms with Crippen LogP contribution in [0.25, 0.3) is 5.70 Å². The maximum absolute atomic E-state index is 10.6. The number of carboxylic acid groups (broad SMARTS) is 1. The number of hydrogen-bond donors (Lipinski definition) is 1. The van der Waals surface area contributed by atoms with Crippen LogP contribution in [0.15, 0.2) is 30.6 Å². The highest BCUT2D eigenvalue weighted by molar-refractivity contribution is 5.93. The lowest BCUT2D eigenvalue weighted by atomic mass is 10.2. The van der Waals surface area contributed by atoms with Crippen molar-refractivity contribution in [3.8, 4) is 0 Å². The van der Waals surface area contributed by atoms with Gasteiger partial charge in [-0.05, 0) is 13.0 Å². The Morgan fingerprint density at radius 3 is 2.46 bits per heavy atom. The van der Waals surface area contributed by atoms with E-state index in [2.05, 4.69) is 16.8 Å². The van der Waals surface area contributed by atoms with Gasteiger partial charge in [-0.1, -0.05) is 6.58 Å². The summed E-state index contributed by atoms with van der Waals surface area (Å²) >= 11 is 0. The van der Waals surface area contributed by atoms with Crippen LogP contribution in [0.3, 0.4) is 0 Å². The number of carboxylic acids is 1. The van der Waals surface area contributed by atoms with Gasteiger partial charge in [-0.25, -0.2) is 4.79 Å². The molecule has 13 heavy (non-hydrogen) atoms. The summed E-state index contributed by atoms with van der Waals surface area (Å²) in [6.45, 7) is 4.97. The van der Waals surface area contributed by atoms with Gasteiger partial charge >= 0.3 is 5.97 Å². The summed E-state index contributed by atoms with van der Waals surface area (Å²) in [5.74, 6) is -1.01. The lowest BCUT2D eigenvalue weighted by Gasteiger charge is -2.02. The zero-order chi connectivity index (χ0) is 9.84. The quantitative estimate of drug-likeness (QED) is 0.550. The van der Waals surface area contributed by atoms with Gasteiger partial charge in [0.05, 0.1) is 23.7 Å². The first-order valence-corrected chi connectivity index (χ1v) is 3.60. The fourth-order valence-corrected chi connectivity index (χ4v) is 0.834. The molecule has 1 aromatic rings. The average molecular weight is 179 g/mol. The van der Waals surface area contributed by atoms with Crippen LogP contribution in [-0.4, -0.2) is 26.1 Å². The second-order valence-corrected chi connectivity index (χ2v) is 2.34. The summed E-state index contributed by atoms with van der Waals surface area (Å²) in [6, 6.07) is 0. The Kier molecular flexibility index (Phi) is 2.59. The molecule has 68 valence electrons. The predicted octanol–water partition coefficient (Wildman–Crippen LogP) is 0.780. The number of allylic oxidation sites excluding steroid dienone is 2. The summed E-state index contributed by atoms with van der Waals surface area (Å²) in [6.07, 6.45) is 4.35. The molecule has 0 spiro atoms. The smallest absolute Gasteiger partial charge is 0.333 e. The Morgan fingerprint density at radius 1 is 1.54 bits per heavy atom. The van der Waals surface area contributed by atoms with Crippen LogP contribution in [0.4, 0.5) is 0 Å². The van der Waals surface area contributed by atoms with E-state index in [4.69, 9.17) is 5.11 Å². The van der Waals surface area contributed by atoms with Crippen molar-refractivity contribution in [3.05, 3.63) is 30.6 Å². The Labute approximate surface area is 75.0 Å². The van der Waals surface area contributed by atoms with Crippen molar-refractivity contribution < 1.29 is 9.90 Å². The molecule has 5 heteroatoms. The third kappa shape index (κ3) is 1.81. The van der Waals surface area contributed by atoms with Crippen LogP contribution < -0.4 is 0 Å². The minimum absolute atomic E-state index is 0.159. The van der Waals surface area contributed by atoms with Gasteiger partial charge in [0.2, 0.25) is 0 Å². The van der Waals surface area contributed by atoms with Crippen molar-refractivity contribution in [1.29, 1.82) is 0 Å². The maximum atomic E-state index is 10.6. The summed E-state index contributed by atoms with van der Waals surface area (Å²) in [5, 5.41) is 16.3. The van der Waals surface area contributed by atoms with Crippen molar-refractivity contribution in [1.82, 2.24) is 15.0 Å². The van der Waals surface area contributed by atoms with Crippen molar-refractivity contribution in [2.75, 3.05) is 0 Å². The van der Waals surface area contributed by atoms with Gasteiger partial charge in [0.15, 0.2) is 0 Å². The number of carbonyl (C=O) groups is 1. The zero-order valence-corrected chi connectivity index (χ0v) is 7.14. The predicted molar refractivity (Wildman–Crippen MR) is 46.7 cm³/mol. The third-order valence-corrected chi connectivity index (χ3v) is 1.53. The van der Waals surface area contributed by atoms with Gasteiger partial charge in [0.1, 0.15) is 0 Å². The van der Waals surface area contributed by atoms with Crippen molar-refractivity contribution in [2.24, 2.45) is 0 Å². The molecule has 0 amide bonds. The number of rotatable bonds is 3. The first-order chi connectivity index (χ1) is 6.16. The summed E-state index contributed by atoms with van der Waals surface area (Å²) in [5.41, 5.74) is 0.531. The zero-order valence-electron chi connectivity index (χ0n) is 7.14. The molecule has 0 saturated carbocycles. The molecule has 0 saturated heterocycles. The van der Waals surface area contributed by atoms with E-state index in [0.29, 0.717) is 5.70 Å². The molecular weight excluding hydrogens is 170 g/mol. The van der Waals surface area contributed by atoms with Gasteiger partial charge in [0.25, 0.3) is 0 Å². The molecule has 1 N–H and O–H groups in total. The molecule has 0 aliphatic rings. The standard InChI is InChI=1S/C8H9N3O2/c1-3-7(6(2)8(12)13)11-9-4-5-10-11/h3-5H,1H2,2H3,(H,12,13)/b7-6-. The van der Waals surface area contributed by atoms with E-state index in [1.165, 1.54) is 30.2 Å². The number of nitrogens with zero attached hydrogens (tertiary/aromatic N) is 3. The molecule has 0 bridgehead atoms. The van der Waals surface area contributed by atoms with Gasteiger partial charge in [-0.15, -0.1) is 0 Å². The lowest BCUT2D eigenvalue weighted by Crippen LogP contribution is -2.07. The number of aromatic nitrogens is 3. The van der Waals surface area contributed by atoms with Gasteiger partial charge in [-0.2, -0.15) is 15.0 Å². The van der Waals surface area contributed by atoms with Crippen molar-refractivity contribution in [3.63, 3.8) is 0 Å². The maximum Gasteiger partial charge on any atom is 0.333 e. The first-order valence-electron chi connectivity index (χ1n) is 3.60. The summed E-state index contributed by atoms with van der Waals surface area (Å²) in [7, 11) is 0. The molecule has 0 radical (unpaired) electrons. The van der Waals surface area contributed by atoms with Gasteiger partial charge in [0, 0.05) is 0 Å². The first kappa shape index (κ1) is 9.18. The Hall–Kier alpha value is -1.91. The van der Waals surface area contributed by atoms with E-state index in [-0.39, 0.29) is 5.57 Å². The molecular formula is C8H9N3O2. The van der Waals surface area contributed by atoms with E-state index < -0.39 is 5.97 Å². The molecule has 0 aliphatic carbocycles. The summed E-state index contributed by atoms with van der Waals surface area (Å²) in [4.78, 5) is 11.8. The molecule has 5 nitrogen and oxygen atoms in total. The van der Waals surface area contributed by atoms with E-state index in [1.54, 1.807) is 0 Å². The SMILES string of the molecule is C=C/C(=C(\C)C(=O)O)n1nccn1. The monoisotopic (exact) mass is 179 g/mol. The third-order valence-electron chi connectivity index (χ3n) is 1.53. The summed E-state index contributed by atoms with van der Waals surface area (Å²) < 4.78 is 0. The highest BCUT2D eigenvalue weighted by atomic mass is 16.4. The largest absolute Gasteiger partial charge is 0.478 e. The highest BCUT2D eigenvalue weighted by Gasteiger charge is 2.08. The Balaban J connectivity index is 3.19. The normalized spacial score (nSPS) is 12.1. The molecule has 1 rings (SSSR count). The van der Waals surface area contributed by atoms with Crippen LogP contribution >= 0.6 is 0 Å². The van der Waals surface area contributed by atoms with Crippen LogP contribution in [0.5, 0.6) is 0 Å².